The summed E-state index contributed by atoms with van der Waals surface area (Å²) < 4.78 is 27.8. The van der Waals surface area contributed by atoms with E-state index in [0.29, 0.717) is 16.3 Å². The molecule has 9 heteroatoms. The molecule has 0 aliphatic carbocycles. The smallest absolute Gasteiger partial charge is 0.261 e. The van der Waals surface area contributed by atoms with Crippen molar-refractivity contribution in [2.75, 3.05) is 28.0 Å². The van der Waals surface area contributed by atoms with E-state index in [9.17, 15) is 13.2 Å². The minimum Gasteiger partial charge on any atom is -0.372 e. The monoisotopic (exact) mass is 503 g/mol. The number of rotatable bonds is 6. The van der Waals surface area contributed by atoms with Gasteiger partial charge in [-0.05, 0) is 86.0 Å². The summed E-state index contributed by atoms with van der Waals surface area (Å²) in [5.74, 6) is -0.262. The molecular formula is C24H23Cl2N3O3S. The average Bonchev–Trinajstić information content (AvgIpc) is 2.82. The third kappa shape index (κ3) is 5.79. The van der Waals surface area contributed by atoms with Gasteiger partial charge in [0.25, 0.3) is 15.9 Å². The second-order valence-corrected chi connectivity index (χ2v) is 10.3. The molecule has 33 heavy (non-hydrogen) atoms. The molecule has 0 spiro atoms. The van der Waals surface area contributed by atoms with Crippen molar-refractivity contribution in [1.29, 1.82) is 0 Å². The maximum atomic E-state index is 12.7. The SMILES string of the molecule is O=C(Nc1ccc(S(=O)(=O)Nc2ccc(Cl)cc2Cl)cc1)c1ccc(N2CCCCC2)cc1. The zero-order valence-electron chi connectivity index (χ0n) is 17.7. The largest absolute Gasteiger partial charge is 0.372 e. The fourth-order valence-corrected chi connectivity index (χ4v) is 5.26. The van der Waals surface area contributed by atoms with Crippen LogP contribution < -0.4 is 14.9 Å². The van der Waals surface area contributed by atoms with Crippen molar-refractivity contribution in [2.24, 2.45) is 0 Å². The quantitative estimate of drug-likeness (QED) is 0.429. The molecule has 1 aliphatic heterocycles. The minimum atomic E-state index is -3.86. The number of anilines is 3. The highest BCUT2D eigenvalue weighted by atomic mass is 35.5. The van der Waals surface area contributed by atoms with Crippen LogP contribution in [0.15, 0.2) is 71.6 Å². The highest BCUT2D eigenvalue weighted by Crippen LogP contribution is 2.28. The number of nitrogens with zero attached hydrogens (tertiary/aromatic N) is 1. The maximum Gasteiger partial charge on any atom is 0.261 e. The molecular weight excluding hydrogens is 481 g/mol. The topological polar surface area (TPSA) is 78.5 Å². The third-order valence-electron chi connectivity index (χ3n) is 5.45. The lowest BCUT2D eigenvalue weighted by Crippen LogP contribution is -2.29. The van der Waals surface area contributed by atoms with Crippen LogP contribution in [0.1, 0.15) is 29.6 Å². The van der Waals surface area contributed by atoms with Crippen LogP contribution in [-0.4, -0.2) is 27.4 Å². The summed E-state index contributed by atoms with van der Waals surface area (Å²) in [4.78, 5) is 15.0. The number of benzene rings is 3. The van der Waals surface area contributed by atoms with Crippen molar-refractivity contribution in [3.05, 3.63) is 82.3 Å². The molecule has 4 rings (SSSR count). The van der Waals surface area contributed by atoms with Gasteiger partial charge >= 0.3 is 0 Å². The average molecular weight is 504 g/mol. The van der Waals surface area contributed by atoms with E-state index in [1.807, 2.05) is 12.1 Å². The van der Waals surface area contributed by atoms with Gasteiger partial charge in [0, 0.05) is 35.1 Å². The second-order valence-electron chi connectivity index (χ2n) is 7.80. The summed E-state index contributed by atoms with van der Waals surface area (Å²) in [6.07, 6.45) is 3.65. The van der Waals surface area contributed by atoms with E-state index in [2.05, 4.69) is 14.9 Å². The number of halogens is 2. The Morgan fingerprint density at radius 2 is 1.52 bits per heavy atom. The molecule has 0 unspecified atom stereocenters. The molecule has 3 aromatic carbocycles. The number of amides is 1. The van der Waals surface area contributed by atoms with Gasteiger partial charge in [0.05, 0.1) is 15.6 Å². The Morgan fingerprint density at radius 1 is 0.848 bits per heavy atom. The van der Waals surface area contributed by atoms with Gasteiger partial charge in [-0.2, -0.15) is 0 Å². The molecule has 1 aliphatic rings. The third-order valence-corrected chi connectivity index (χ3v) is 7.38. The molecule has 6 nitrogen and oxygen atoms in total. The lowest BCUT2D eigenvalue weighted by atomic mass is 10.1. The normalized spacial score (nSPS) is 14.1. The van der Waals surface area contributed by atoms with E-state index in [-0.39, 0.29) is 21.5 Å². The summed E-state index contributed by atoms with van der Waals surface area (Å²) >= 11 is 11.9. The molecule has 0 aromatic heterocycles. The first-order chi connectivity index (χ1) is 15.8. The molecule has 0 radical (unpaired) electrons. The molecule has 0 saturated carbocycles. The van der Waals surface area contributed by atoms with Crippen LogP contribution in [0.5, 0.6) is 0 Å². The zero-order chi connectivity index (χ0) is 23.4. The Hall–Kier alpha value is -2.74. The van der Waals surface area contributed by atoms with Gasteiger partial charge in [0.15, 0.2) is 0 Å². The fourth-order valence-electron chi connectivity index (χ4n) is 3.67. The van der Waals surface area contributed by atoms with Gasteiger partial charge in [0.2, 0.25) is 0 Å². The molecule has 172 valence electrons. The molecule has 0 bridgehead atoms. The Kier molecular flexibility index (Phi) is 7.12. The summed E-state index contributed by atoms with van der Waals surface area (Å²) in [7, 11) is -3.86. The van der Waals surface area contributed by atoms with Gasteiger partial charge in [-0.25, -0.2) is 8.42 Å². The molecule has 1 heterocycles. The number of sulfonamides is 1. The van der Waals surface area contributed by atoms with Crippen molar-refractivity contribution < 1.29 is 13.2 Å². The minimum absolute atomic E-state index is 0.0393. The van der Waals surface area contributed by atoms with Crippen LogP contribution in [0.25, 0.3) is 0 Å². The van der Waals surface area contributed by atoms with E-state index in [4.69, 9.17) is 23.2 Å². The van der Waals surface area contributed by atoms with Crippen LogP contribution in [0.3, 0.4) is 0 Å². The Labute approximate surface area is 203 Å². The predicted octanol–water partition coefficient (Wildman–Crippen LogP) is 6.04. The number of carbonyl (C=O) groups is 1. The Morgan fingerprint density at radius 3 is 2.15 bits per heavy atom. The van der Waals surface area contributed by atoms with Crippen LogP contribution >= 0.6 is 23.2 Å². The highest BCUT2D eigenvalue weighted by Gasteiger charge is 2.17. The van der Waals surface area contributed by atoms with Crippen molar-refractivity contribution in [1.82, 2.24) is 0 Å². The van der Waals surface area contributed by atoms with Crippen molar-refractivity contribution in [2.45, 2.75) is 24.2 Å². The zero-order valence-corrected chi connectivity index (χ0v) is 20.1. The Bertz CT molecular complexity index is 1240. The number of nitrogens with one attached hydrogen (secondary N) is 2. The first kappa shape index (κ1) is 23.4. The van der Waals surface area contributed by atoms with Gasteiger partial charge in [0.1, 0.15) is 0 Å². The first-order valence-electron chi connectivity index (χ1n) is 10.6. The molecule has 0 atom stereocenters. The summed E-state index contributed by atoms with van der Waals surface area (Å²) in [5.41, 5.74) is 2.37. The van der Waals surface area contributed by atoms with Gasteiger partial charge < -0.3 is 10.2 Å². The van der Waals surface area contributed by atoms with Crippen LogP contribution in [0, 0.1) is 0 Å². The Balaban J connectivity index is 1.41. The lowest BCUT2D eigenvalue weighted by molar-refractivity contribution is 0.102. The van der Waals surface area contributed by atoms with Gasteiger partial charge in [-0.1, -0.05) is 23.2 Å². The first-order valence-corrected chi connectivity index (χ1v) is 12.8. The number of piperidine rings is 1. The van der Waals surface area contributed by atoms with E-state index in [1.165, 1.54) is 55.7 Å². The molecule has 3 aromatic rings. The maximum absolute atomic E-state index is 12.7. The van der Waals surface area contributed by atoms with E-state index < -0.39 is 10.0 Å². The van der Waals surface area contributed by atoms with E-state index in [1.54, 1.807) is 18.2 Å². The molecule has 1 saturated heterocycles. The number of hydrogen-bond donors (Lipinski definition) is 2. The van der Waals surface area contributed by atoms with Crippen LogP contribution in [0.4, 0.5) is 17.1 Å². The van der Waals surface area contributed by atoms with Crippen molar-refractivity contribution in [3.63, 3.8) is 0 Å². The van der Waals surface area contributed by atoms with Gasteiger partial charge in [-0.3, -0.25) is 9.52 Å². The van der Waals surface area contributed by atoms with Crippen molar-refractivity contribution in [3.8, 4) is 0 Å². The van der Waals surface area contributed by atoms with Crippen LogP contribution in [-0.2, 0) is 10.0 Å². The van der Waals surface area contributed by atoms with Gasteiger partial charge in [-0.15, -0.1) is 0 Å². The number of hydrogen-bond acceptors (Lipinski definition) is 4. The van der Waals surface area contributed by atoms with Crippen molar-refractivity contribution >= 4 is 56.2 Å². The fraction of sp³-hybridized carbons (Fsp3) is 0.208. The second kappa shape index (κ2) is 10.0. The number of carbonyl (C=O) groups excluding carboxylic acids is 1. The summed E-state index contributed by atoms with van der Waals surface area (Å²) in [5, 5.41) is 3.40. The van der Waals surface area contributed by atoms with E-state index in [0.717, 1.165) is 18.8 Å². The lowest BCUT2D eigenvalue weighted by Gasteiger charge is -2.28. The van der Waals surface area contributed by atoms with Crippen LogP contribution in [0.2, 0.25) is 10.0 Å². The molecule has 2 N–H and O–H groups in total. The summed E-state index contributed by atoms with van der Waals surface area (Å²) in [6.45, 7) is 2.08. The highest BCUT2D eigenvalue weighted by molar-refractivity contribution is 7.92. The molecule has 1 amide bonds. The predicted molar refractivity (Wildman–Crippen MR) is 134 cm³/mol. The standard InChI is InChI=1S/C24H23Cl2N3O3S/c25-18-6-13-23(22(26)16-18)28-33(31,32)21-11-7-19(8-12-21)27-24(30)17-4-9-20(10-5-17)29-14-2-1-3-15-29/h4-13,16,28H,1-3,14-15H2,(H,27,30). The summed E-state index contributed by atoms with van der Waals surface area (Å²) in [6, 6.07) is 17.9. The van der Waals surface area contributed by atoms with E-state index >= 15 is 0 Å². The molecule has 1 fully saturated rings.